The molecule has 0 aromatic carbocycles. The van der Waals surface area contributed by atoms with Gasteiger partial charge in [0, 0.05) is 0 Å². The minimum atomic E-state index is -0.461. The highest BCUT2D eigenvalue weighted by molar-refractivity contribution is 5.73. The van der Waals surface area contributed by atoms with E-state index in [-0.39, 0.29) is 13.2 Å². The van der Waals surface area contributed by atoms with E-state index >= 15 is 0 Å². The SMILES string of the molecule is CCCOC(=O)COCC(=O)OCC(C)C. The molecule has 0 unspecified atom stereocenters. The summed E-state index contributed by atoms with van der Waals surface area (Å²) in [7, 11) is 0. The zero-order valence-corrected chi connectivity index (χ0v) is 10.2. The van der Waals surface area contributed by atoms with Gasteiger partial charge < -0.3 is 14.2 Å². The molecule has 0 aromatic heterocycles. The van der Waals surface area contributed by atoms with Gasteiger partial charge in [0.1, 0.15) is 13.2 Å². The van der Waals surface area contributed by atoms with Gasteiger partial charge in [-0.05, 0) is 12.3 Å². The van der Waals surface area contributed by atoms with Gasteiger partial charge in [-0.25, -0.2) is 9.59 Å². The van der Waals surface area contributed by atoms with Crippen LogP contribution in [-0.4, -0.2) is 38.4 Å². The molecule has 0 amide bonds. The zero-order valence-electron chi connectivity index (χ0n) is 10.2. The second-order valence-electron chi connectivity index (χ2n) is 3.79. The maximum atomic E-state index is 11.0. The molecule has 0 aliphatic rings. The summed E-state index contributed by atoms with van der Waals surface area (Å²) in [5.41, 5.74) is 0. The minimum Gasteiger partial charge on any atom is -0.464 e. The average Bonchev–Trinajstić information content (AvgIpc) is 2.23. The van der Waals surface area contributed by atoms with Crippen molar-refractivity contribution in [3.63, 3.8) is 0 Å². The molecule has 0 rings (SSSR count). The summed E-state index contributed by atoms with van der Waals surface area (Å²) in [6, 6.07) is 0. The topological polar surface area (TPSA) is 61.8 Å². The van der Waals surface area contributed by atoms with Crippen molar-refractivity contribution in [2.24, 2.45) is 5.92 Å². The quantitative estimate of drug-likeness (QED) is 0.587. The predicted octanol–water partition coefficient (Wildman–Crippen LogP) is 1.16. The zero-order chi connectivity index (χ0) is 12.4. The Morgan fingerprint density at radius 1 is 1.06 bits per heavy atom. The number of hydrogen-bond acceptors (Lipinski definition) is 5. The smallest absolute Gasteiger partial charge is 0.332 e. The average molecular weight is 232 g/mol. The number of carbonyl (C=O) groups excluding carboxylic acids is 2. The predicted molar refractivity (Wildman–Crippen MR) is 57.9 cm³/mol. The third-order valence-electron chi connectivity index (χ3n) is 1.48. The highest BCUT2D eigenvalue weighted by atomic mass is 16.6. The van der Waals surface area contributed by atoms with Crippen molar-refractivity contribution in [3.8, 4) is 0 Å². The van der Waals surface area contributed by atoms with Crippen LogP contribution in [0.3, 0.4) is 0 Å². The lowest BCUT2D eigenvalue weighted by molar-refractivity contribution is -0.156. The maximum Gasteiger partial charge on any atom is 0.332 e. The number of hydrogen-bond donors (Lipinski definition) is 0. The van der Waals surface area contributed by atoms with Crippen molar-refractivity contribution in [1.82, 2.24) is 0 Å². The number of rotatable bonds is 8. The van der Waals surface area contributed by atoms with Gasteiger partial charge in [0.05, 0.1) is 13.2 Å². The van der Waals surface area contributed by atoms with E-state index in [1.54, 1.807) is 0 Å². The molecule has 0 heterocycles. The summed E-state index contributed by atoms with van der Waals surface area (Å²) in [4.78, 5) is 22.0. The maximum absolute atomic E-state index is 11.0. The number of esters is 2. The van der Waals surface area contributed by atoms with E-state index in [4.69, 9.17) is 14.2 Å². The highest BCUT2D eigenvalue weighted by Crippen LogP contribution is 1.93. The van der Waals surface area contributed by atoms with Gasteiger partial charge in [-0.3, -0.25) is 0 Å². The van der Waals surface area contributed by atoms with Gasteiger partial charge in [-0.1, -0.05) is 20.8 Å². The lowest BCUT2D eigenvalue weighted by Gasteiger charge is -2.07. The van der Waals surface area contributed by atoms with Crippen LogP contribution in [0.2, 0.25) is 0 Å². The lowest BCUT2D eigenvalue weighted by atomic mass is 10.2. The Morgan fingerprint density at radius 3 is 2.12 bits per heavy atom. The molecule has 0 aliphatic carbocycles. The molecule has 0 saturated carbocycles. The Balaban J connectivity index is 3.43. The van der Waals surface area contributed by atoms with E-state index in [9.17, 15) is 9.59 Å². The number of ether oxygens (including phenoxy) is 3. The summed E-state index contributed by atoms with van der Waals surface area (Å²) in [6.07, 6.45) is 0.766. The van der Waals surface area contributed by atoms with Crippen molar-refractivity contribution in [2.45, 2.75) is 27.2 Å². The van der Waals surface area contributed by atoms with Crippen molar-refractivity contribution >= 4 is 11.9 Å². The van der Waals surface area contributed by atoms with Gasteiger partial charge in [0.15, 0.2) is 0 Å². The van der Waals surface area contributed by atoms with Crippen LogP contribution in [0.5, 0.6) is 0 Å². The molecular formula is C11H20O5. The Labute approximate surface area is 96.1 Å². The first-order chi connectivity index (χ1) is 7.56. The van der Waals surface area contributed by atoms with E-state index in [0.717, 1.165) is 6.42 Å². The van der Waals surface area contributed by atoms with Crippen molar-refractivity contribution in [1.29, 1.82) is 0 Å². The molecule has 0 aliphatic heterocycles. The molecule has 0 bridgehead atoms. The molecule has 0 radical (unpaired) electrons. The largest absolute Gasteiger partial charge is 0.464 e. The first-order valence-corrected chi connectivity index (χ1v) is 5.45. The van der Waals surface area contributed by atoms with Gasteiger partial charge in [0.2, 0.25) is 0 Å². The lowest BCUT2D eigenvalue weighted by Crippen LogP contribution is -2.20. The van der Waals surface area contributed by atoms with Crippen LogP contribution in [0.15, 0.2) is 0 Å². The summed E-state index contributed by atoms with van der Waals surface area (Å²) in [5, 5.41) is 0. The molecule has 0 spiro atoms. The summed E-state index contributed by atoms with van der Waals surface area (Å²) in [5.74, 6) is -0.631. The monoisotopic (exact) mass is 232 g/mol. The van der Waals surface area contributed by atoms with Crippen LogP contribution in [0.1, 0.15) is 27.2 Å². The summed E-state index contributed by atoms with van der Waals surface area (Å²) < 4.78 is 14.4. The van der Waals surface area contributed by atoms with Crippen molar-refractivity contribution in [3.05, 3.63) is 0 Å². The van der Waals surface area contributed by atoms with Crippen LogP contribution < -0.4 is 0 Å². The molecule has 0 fully saturated rings. The molecule has 0 saturated heterocycles. The fourth-order valence-corrected chi connectivity index (χ4v) is 0.777. The molecule has 16 heavy (non-hydrogen) atoms. The molecule has 0 aromatic rings. The second-order valence-corrected chi connectivity index (χ2v) is 3.79. The Morgan fingerprint density at radius 2 is 1.62 bits per heavy atom. The fourth-order valence-electron chi connectivity index (χ4n) is 0.777. The Hall–Kier alpha value is -1.10. The summed E-state index contributed by atoms with van der Waals surface area (Å²) in [6.45, 7) is 6.09. The fraction of sp³-hybridized carbons (Fsp3) is 0.818. The van der Waals surface area contributed by atoms with E-state index < -0.39 is 11.9 Å². The van der Waals surface area contributed by atoms with E-state index in [0.29, 0.717) is 19.1 Å². The first kappa shape index (κ1) is 14.9. The highest BCUT2D eigenvalue weighted by Gasteiger charge is 2.07. The first-order valence-electron chi connectivity index (χ1n) is 5.45. The summed E-state index contributed by atoms with van der Waals surface area (Å²) >= 11 is 0. The van der Waals surface area contributed by atoms with Gasteiger partial charge >= 0.3 is 11.9 Å². The van der Waals surface area contributed by atoms with Crippen LogP contribution in [0, 0.1) is 5.92 Å². The van der Waals surface area contributed by atoms with Crippen LogP contribution >= 0.6 is 0 Å². The van der Waals surface area contributed by atoms with Gasteiger partial charge in [-0.2, -0.15) is 0 Å². The third-order valence-corrected chi connectivity index (χ3v) is 1.48. The normalized spacial score (nSPS) is 10.2. The molecule has 5 nitrogen and oxygen atoms in total. The molecular weight excluding hydrogens is 212 g/mol. The van der Waals surface area contributed by atoms with Crippen LogP contribution in [0.25, 0.3) is 0 Å². The molecule has 0 N–H and O–H groups in total. The third kappa shape index (κ3) is 9.45. The van der Waals surface area contributed by atoms with Crippen molar-refractivity contribution in [2.75, 3.05) is 26.4 Å². The molecule has 5 heteroatoms. The van der Waals surface area contributed by atoms with E-state index in [2.05, 4.69) is 0 Å². The second kappa shape index (κ2) is 9.15. The van der Waals surface area contributed by atoms with Gasteiger partial charge in [0.25, 0.3) is 0 Å². The van der Waals surface area contributed by atoms with E-state index in [1.165, 1.54) is 0 Å². The number of carbonyl (C=O) groups is 2. The van der Waals surface area contributed by atoms with Crippen LogP contribution in [0.4, 0.5) is 0 Å². The Kier molecular flexibility index (Phi) is 8.52. The molecule has 94 valence electrons. The standard InChI is InChI=1S/C11H20O5/c1-4-5-15-10(12)7-14-8-11(13)16-6-9(2)3/h9H,4-8H2,1-3H3. The Bertz CT molecular complexity index is 212. The van der Waals surface area contributed by atoms with E-state index in [1.807, 2.05) is 20.8 Å². The minimum absolute atomic E-state index is 0.212. The van der Waals surface area contributed by atoms with Crippen molar-refractivity contribution < 1.29 is 23.8 Å². The van der Waals surface area contributed by atoms with Gasteiger partial charge in [-0.15, -0.1) is 0 Å². The van der Waals surface area contributed by atoms with Crippen LogP contribution in [-0.2, 0) is 23.8 Å². The molecule has 0 atom stereocenters.